The predicted molar refractivity (Wildman–Crippen MR) is 91.6 cm³/mol. The van der Waals surface area contributed by atoms with Crippen LogP contribution in [0.2, 0.25) is 0 Å². The maximum atomic E-state index is 13.1. The van der Waals surface area contributed by atoms with E-state index in [4.69, 9.17) is 4.52 Å². The van der Waals surface area contributed by atoms with Crippen molar-refractivity contribution in [3.63, 3.8) is 0 Å². The van der Waals surface area contributed by atoms with Crippen molar-refractivity contribution >= 4 is 5.91 Å². The summed E-state index contributed by atoms with van der Waals surface area (Å²) in [6.45, 7) is 3.15. The fraction of sp³-hybridized carbons (Fsp3) is 0.200. The first-order valence-corrected chi connectivity index (χ1v) is 8.12. The van der Waals surface area contributed by atoms with Crippen molar-refractivity contribution in [2.24, 2.45) is 0 Å². The van der Waals surface area contributed by atoms with Crippen molar-refractivity contribution in [1.82, 2.24) is 10.1 Å². The molecule has 24 heavy (non-hydrogen) atoms. The Morgan fingerprint density at radius 1 is 1.04 bits per heavy atom. The van der Waals surface area contributed by atoms with E-state index >= 15 is 0 Å². The van der Waals surface area contributed by atoms with Gasteiger partial charge in [-0.3, -0.25) is 4.79 Å². The Hall–Kier alpha value is -2.88. The summed E-state index contributed by atoms with van der Waals surface area (Å²) in [4.78, 5) is 15.0. The molecule has 4 rings (SSSR count). The van der Waals surface area contributed by atoms with E-state index in [-0.39, 0.29) is 5.91 Å². The van der Waals surface area contributed by atoms with Crippen LogP contribution >= 0.6 is 0 Å². The van der Waals surface area contributed by atoms with Gasteiger partial charge in [-0.25, -0.2) is 0 Å². The van der Waals surface area contributed by atoms with E-state index in [9.17, 15) is 4.79 Å². The molecule has 0 bridgehead atoms. The Kier molecular flexibility index (Phi) is 3.65. The van der Waals surface area contributed by atoms with Crippen LogP contribution in [0.25, 0.3) is 11.3 Å². The number of nitrogens with zero attached hydrogens (tertiary/aromatic N) is 2. The average molecular weight is 318 g/mol. The largest absolute Gasteiger partial charge is 0.360 e. The van der Waals surface area contributed by atoms with Crippen molar-refractivity contribution in [3.05, 3.63) is 77.0 Å². The lowest BCUT2D eigenvalue weighted by atomic mass is 9.98. The first-order valence-electron chi connectivity index (χ1n) is 8.12. The number of benzene rings is 2. The zero-order valence-electron chi connectivity index (χ0n) is 13.5. The summed E-state index contributed by atoms with van der Waals surface area (Å²) in [5.41, 5.74) is 4.63. The van der Waals surface area contributed by atoms with E-state index in [2.05, 4.69) is 17.3 Å². The number of carbonyl (C=O) groups is 1. The molecule has 3 aromatic rings. The van der Waals surface area contributed by atoms with E-state index < -0.39 is 0 Å². The van der Waals surface area contributed by atoms with Crippen LogP contribution in [-0.4, -0.2) is 22.5 Å². The van der Waals surface area contributed by atoms with Gasteiger partial charge in [0.25, 0.3) is 5.91 Å². The van der Waals surface area contributed by atoms with Crippen molar-refractivity contribution in [3.8, 4) is 11.3 Å². The molecule has 1 aliphatic rings. The molecule has 0 fully saturated rings. The summed E-state index contributed by atoms with van der Waals surface area (Å²) in [5, 5.41) is 4.12. The predicted octanol–water partition coefficient (Wildman–Crippen LogP) is 3.85. The van der Waals surface area contributed by atoms with E-state index in [1.165, 1.54) is 11.1 Å². The van der Waals surface area contributed by atoms with Gasteiger partial charge in [-0.15, -0.1) is 0 Å². The number of fused-ring (bicyclic) bond motifs is 1. The van der Waals surface area contributed by atoms with Gasteiger partial charge < -0.3 is 9.42 Å². The molecule has 4 nitrogen and oxygen atoms in total. The number of hydrogen-bond donors (Lipinski definition) is 0. The van der Waals surface area contributed by atoms with Gasteiger partial charge in [0.15, 0.2) is 0 Å². The van der Waals surface area contributed by atoms with Crippen LogP contribution in [0.4, 0.5) is 0 Å². The molecule has 4 heteroatoms. The lowest BCUT2D eigenvalue weighted by molar-refractivity contribution is 0.0733. The van der Waals surface area contributed by atoms with Gasteiger partial charge in [0, 0.05) is 18.7 Å². The van der Waals surface area contributed by atoms with E-state index in [0.29, 0.717) is 30.1 Å². The maximum Gasteiger partial charge on any atom is 0.260 e. The summed E-state index contributed by atoms with van der Waals surface area (Å²) in [5.74, 6) is 0.555. The van der Waals surface area contributed by atoms with Crippen LogP contribution in [0.5, 0.6) is 0 Å². The number of aryl methyl sites for hydroxylation is 1. The number of aromatic nitrogens is 1. The molecule has 0 spiro atoms. The Morgan fingerprint density at radius 3 is 2.54 bits per heavy atom. The third-order valence-electron chi connectivity index (χ3n) is 4.54. The number of carbonyl (C=O) groups excluding carboxylic acids is 1. The Morgan fingerprint density at radius 2 is 1.75 bits per heavy atom. The van der Waals surface area contributed by atoms with E-state index in [1.807, 2.05) is 47.4 Å². The zero-order valence-corrected chi connectivity index (χ0v) is 13.5. The minimum atomic E-state index is -0.0119. The summed E-state index contributed by atoms with van der Waals surface area (Å²) < 4.78 is 5.33. The highest BCUT2D eigenvalue weighted by Gasteiger charge is 2.28. The summed E-state index contributed by atoms with van der Waals surface area (Å²) in [6, 6.07) is 18.0. The number of amides is 1. The molecule has 2 aromatic carbocycles. The fourth-order valence-corrected chi connectivity index (χ4v) is 3.24. The molecule has 0 saturated carbocycles. The van der Waals surface area contributed by atoms with E-state index in [0.717, 1.165) is 12.0 Å². The first-order chi connectivity index (χ1) is 11.7. The second-order valence-corrected chi connectivity index (χ2v) is 6.07. The first kappa shape index (κ1) is 14.7. The summed E-state index contributed by atoms with van der Waals surface area (Å²) >= 11 is 0. The molecule has 0 aliphatic carbocycles. The minimum absolute atomic E-state index is 0.0119. The normalized spacial score (nSPS) is 13.6. The van der Waals surface area contributed by atoms with Crippen LogP contribution in [-0.2, 0) is 13.0 Å². The third-order valence-corrected chi connectivity index (χ3v) is 4.54. The van der Waals surface area contributed by atoms with Crippen LogP contribution in [0.15, 0.2) is 59.1 Å². The zero-order chi connectivity index (χ0) is 16.5. The second-order valence-electron chi connectivity index (χ2n) is 6.07. The molecule has 1 amide bonds. The maximum absolute atomic E-state index is 13.1. The van der Waals surface area contributed by atoms with Crippen LogP contribution in [0, 0.1) is 6.92 Å². The number of rotatable bonds is 2. The molecule has 1 aliphatic heterocycles. The van der Waals surface area contributed by atoms with Gasteiger partial charge in [-0.2, -0.15) is 0 Å². The molecular weight excluding hydrogens is 300 g/mol. The molecule has 1 aromatic heterocycles. The molecule has 0 N–H and O–H groups in total. The van der Waals surface area contributed by atoms with Crippen LogP contribution in [0.1, 0.15) is 27.2 Å². The highest BCUT2D eigenvalue weighted by atomic mass is 16.5. The van der Waals surface area contributed by atoms with Crippen molar-refractivity contribution in [2.75, 3.05) is 6.54 Å². The highest BCUT2D eigenvalue weighted by Crippen LogP contribution is 2.28. The van der Waals surface area contributed by atoms with Crippen molar-refractivity contribution in [2.45, 2.75) is 19.9 Å². The topological polar surface area (TPSA) is 46.3 Å². The molecule has 0 atom stereocenters. The van der Waals surface area contributed by atoms with Gasteiger partial charge in [0.2, 0.25) is 0 Å². The van der Waals surface area contributed by atoms with Crippen LogP contribution < -0.4 is 0 Å². The van der Waals surface area contributed by atoms with Crippen LogP contribution in [0.3, 0.4) is 0 Å². The third kappa shape index (κ3) is 2.50. The Bertz CT molecular complexity index is 884. The second kappa shape index (κ2) is 5.96. The highest BCUT2D eigenvalue weighted by molar-refractivity contribution is 6.00. The SMILES string of the molecule is Cc1onc(-c2ccccc2)c1C(=O)N1CCc2ccccc2C1. The molecule has 0 unspecified atom stereocenters. The van der Waals surface area contributed by atoms with Crippen molar-refractivity contribution in [1.29, 1.82) is 0 Å². The Balaban J connectivity index is 1.68. The van der Waals surface area contributed by atoms with Gasteiger partial charge >= 0.3 is 0 Å². The van der Waals surface area contributed by atoms with Crippen molar-refractivity contribution < 1.29 is 9.32 Å². The van der Waals surface area contributed by atoms with E-state index in [1.54, 1.807) is 6.92 Å². The van der Waals surface area contributed by atoms with Gasteiger partial charge in [0.05, 0.1) is 0 Å². The summed E-state index contributed by atoms with van der Waals surface area (Å²) in [7, 11) is 0. The van der Waals surface area contributed by atoms with Gasteiger partial charge in [-0.1, -0.05) is 59.8 Å². The molecule has 0 radical (unpaired) electrons. The summed E-state index contributed by atoms with van der Waals surface area (Å²) in [6.07, 6.45) is 0.882. The fourth-order valence-electron chi connectivity index (χ4n) is 3.24. The lowest BCUT2D eigenvalue weighted by Gasteiger charge is -2.28. The molecule has 120 valence electrons. The number of hydrogen-bond acceptors (Lipinski definition) is 3. The quantitative estimate of drug-likeness (QED) is 0.721. The van der Waals surface area contributed by atoms with Gasteiger partial charge in [0.1, 0.15) is 17.0 Å². The smallest absolute Gasteiger partial charge is 0.260 e. The van der Waals surface area contributed by atoms with Gasteiger partial charge in [-0.05, 0) is 24.5 Å². The Labute approximate surface area is 140 Å². The molecular formula is C20H18N2O2. The minimum Gasteiger partial charge on any atom is -0.360 e. The lowest BCUT2D eigenvalue weighted by Crippen LogP contribution is -2.36. The average Bonchev–Trinajstić information content (AvgIpc) is 3.03. The molecule has 2 heterocycles. The molecule has 0 saturated heterocycles. The monoisotopic (exact) mass is 318 g/mol. The standard InChI is InChI=1S/C20H18N2O2/c1-14-18(19(21-24-14)16-8-3-2-4-9-16)20(23)22-12-11-15-7-5-6-10-17(15)13-22/h2-10H,11-13H2,1H3.